The van der Waals surface area contributed by atoms with Crippen molar-refractivity contribution in [2.75, 3.05) is 105 Å². The summed E-state index contributed by atoms with van der Waals surface area (Å²) in [5, 5.41) is 10.6. The molecule has 4 amide bonds. The number of carbonyl (C=O) groups is 4. The highest BCUT2D eigenvalue weighted by Crippen LogP contribution is 2.32. The molecule has 4 aromatic rings. The number of hydrogen-bond acceptors (Lipinski definition) is 12. The highest BCUT2D eigenvalue weighted by Gasteiger charge is 2.30. The summed E-state index contributed by atoms with van der Waals surface area (Å²) in [6, 6.07) is 15.7. The second kappa shape index (κ2) is 31.2. The summed E-state index contributed by atoms with van der Waals surface area (Å²) in [5.41, 5.74) is 7.00. The summed E-state index contributed by atoms with van der Waals surface area (Å²) in [5.74, 6) is -0.410. The molecule has 1 heterocycles. The number of nitrogens with two attached hydrogens (primary N) is 1. The average molecular weight is 978 g/mol. The van der Waals surface area contributed by atoms with Gasteiger partial charge in [0.15, 0.2) is 0 Å². The van der Waals surface area contributed by atoms with Crippen LogP contribution in [0.4, 0.5) is 18.0 Å². The number of fused-ring (bicyclic) bond motifs is 3. The molecule has 68 heavy (non-hydrogen) atoms. The van der Waals surface area contributed by atoms with Crippen LogP contribution in [0.5, 0.6) is 0 Å². The smallest absolute Gasteiger partial charge is 0.416 e. The van der Waals surface area contributed by atoms with Gasteiger partial charge < -0.3 is 59.4 Å². The Labute approximate surface area is 399 Å². The van der Waals surface area contributed by atoms with Gasteiger partial charge in [-0.15, -0.1) is 11.8 Å². The van der Waals surface area contributed by atoms with Gasteiger partial charge in [0.05, 0.1) is 71.6 Å². The van der Waals surface area contributed by atoms with Gasteiger partial charge in [-0.05, 0) is 88.1 Å². The molecule has 3 aromatic carbocycles. The number of rotatable bonds is 35. The number of amides is 4. The monoisotopic (exact) mass is 977 g/mol. The lowest BCUT2D eigenvalue weighted by Gasteiger charge is -2.16. The predicted molar refractivity (Wildman–Crippen MR) is 253 cm³/mol. The molecule has 0 fully saturated rings. The first-order valence-corrected chi connectivity index (χ1v) is 24.0. The maximum atomic E-state index is 13.3. The zero-order valence-electron chi connectivity index (χ0n) is 39.0. The van der Waals surface area contributed by atoms with Gasteiger partial charge in [0.25, 0.3) is 11.8 Å². The number of hydrogen-bond donors (Lipinski definition) is 4. The molecule has 0 spiro atoms. The van der Waals surface area contributed by atoms with Crippen LogP contribution in [-0.4, -0.2) is 139 Å². The van der Waals surface area contributed by atoms with E-state index < -0.39 is 23.9 Å². The minimum atomic E-state index is -4.44. The molecular formula is C48H66F3N5O11S. The Morgan fingerprint density at radius 1 is 0.632 bits per heavy atom. The molecule has 0 saturated carbocycles. The number of nitrogens with zero attached hydrogens (tertiary/aromatic N) is 1. The molecule has 1 unspecified atom stereocenters. The first-order valence-electron chi connectivity index (χ1n) is 23.0. The number of aryl methyl sites for hydroxylation is 1. The molecule has 0 radical (unpaired) electrons. The standard InChI is InChI=1S/C48H66F3N5O11S/c1-3-61-24-26-65-30-28-63-22-19-54-45(58)35-10-16-40-41-17-11-36(46(59)55-20-23-64-29-31-66-27-25-62-4-2)33-43(41)56(42(40)32-35)21-7-18-53-44(57)9-6-5-8-38(67-47(52)60)34-68-39-14-12-37(13-15-39)48(49,50)51/h10-17,32-33,38H,3-9,18-31,34H2,1-2H3,(H2,52,60)(H,53,57)(H,54,58)(H,55,59). The van der Waals surface area contributed by atoms with Gasteiger partial charge in [0, 0.05) is 89.4 Å². The molecule has 0 aliphatic rings. The molecular weight excluding hydrogens is 912 g/mol. The molecule has 5 N–H and O–H groups in total. The van der Waals surface area contributed by atoms with E-state index in [1.54, 1.807) is 12.1 Å². The van der Waals surface area contributed by atoms with Crippen molar-refractivity contribution < 1.29 is 65.5 Å². The van der Waals surface area contributed by atoms with Crippen LogP contribution in [0, 0.1) is 0 Å². The van der Waals surface area contributed by atoms with E-state index >= 15 is 0 Å². The Bertz CT molecular complexity index is 2050. The summed E-state index contributed by atoms with van der Waals surface area (Å²) in [4.78, 5) is 51.6. The van der Waals surface area contributed by atoms with Gasteiger partial charge in [-0.2, -0.15) is 13.2 Å². The minimum Gasteiger partial charge on any atom is -0.446 e. The minimum absolute atomic E-state index is 0.159. The van der Waals surface area contributed by atoms with Crippen molar-refractivity contribution in [3.8, 4) is 0 Å². The van der Waals surface area contributed by atoms with E-state index in [4.69, 9.17) is 38.9 Å². The Hall–Kier alpha value is -4.96. The maximum absolute atomic E-state index is 13.3. The molecule has 0 saturated heterocycles. The van der Waals surface area contributed by atoms with E-state index in [1.165, 1.54) is 23.9 Å². The zero-order valence-corrected chi connectivity index (χ0v) is 39.8. The van der Waals surface area contributed by atoms with Gasteiger partial charge in [-0.25, -0.2) is 4.79 Å². The second-order valence-corrected chi connectivity index (χ2v) is 16.4. The number of nitrogens with one attached hydrogen (secondary N) is 3. The van der Waals surface area contributed by atoms with E-state index in [9.17, 15) is 32.3 Å². The molecule has 1 atom stereocenters. The number of primary amides is 1. The predicted octanol–water partition coefficient (Wildman–Crippen LogP) is 6.74. The average Bonchev–Trinajstić information content (AvgIpc) is 3.63. The van der Waals surface area contributed by atoms with Crippen LogP contribution in [0.3, 0.4) is 0 Å². The summed E-state index contributed by atoms with van der Waals surface area (Å²) < 4.78 is 78.7. The number of benzene rings is 3. The van der Waals surface area contributed by atoms with Crippen LogP contribution < -0.4 is 21.7 Å². The highest BCUT2D eigenvalue weighted by atomic mass is 32.2. The van der Waals surface area contributed by atoms with E-state index in [0.717, 1.165) is 33.9 Å². The van der Waals surface area contributed by atoms with Crippen LogP contribution in [0.15, 0.2) is 65.6 Å². The Balaban J connectivity index is 1.32. The lowest BCUT2D eigenvalue weighted by Crippen LogP contribution is -2.27. The highest BCUT2D eigenvalue weighted by molar-refractivity contribution is 7.99. The van der Waals surface area contributed by atoms with Crippen molar-refractivity contribution in [2.24, 2.45) is 5.73 Å². The van der Waals surface area contributed by atoms with Crippen LogP contribution in [0.1, 0.15) is 72.2 Å². The number of alkyl halides is 3. The Kier molecular flexibility index (Phi) is 25.5. The third-order valence-electron chi connectivity index (χ3n) is 10.3. The summed E-state index contributed by atoms with van der Waals surface area (Å²) in [7, 11) is 0. The van der Waals surface area contributed by atoms with E-state index in [0.29, 0.717) is 147 Å². The maximum Gasteiger partial charge on any atom is 0.416 e. The summed E-state index contributed by atoms with van der Waals surface area (Å²) >= 11 is 1.24. The SMILES string of the molecule is CCOCCOCCOCCNC(=O)c1ccc2c3ccc(C(=O)NCCOCCOCCOCC)cc3n(CCCNC(=O)CCCCC(CSc3ccc(C(F)(F)F)cc3)OC(N)=O)c2c1. The van der Waals surface area contributed by atoms with Crippen LogP contribution in [0.2, 0.25) is 0 Å². The van der Waals surface area contributed by atoms with Crippen LogP contribution in [-0.2, 0) is 50.7 Å². The summed E-state index contributed by atoms with van der Waals surface area (Å²) in [6.07, 6.45) is -3.77. The normalized spacial score (nSPS) is 12.1. The van der Waals surface area contributed by atoms with Crippen molar-refractivity contribution in [1.29, 1.82) is 0 Å². The fourth-order valence-corrected chi connectivity index (χ4v) is 7.89. The van der Waals surface area contributed by atoms with Crippen molar-refractivity contribution in [3.63, 3.8) is 0 Å². The number of carbonyl (C=O) groups excluding carboxylic acids is 4. The third kappa shape index (κ3) is 20.3. The molecule has 0 aliphatic heterocycles. The quantitative estimate of drug-likeness (QED) is 0.0280. The summed E-state index contributed by atoms with van der Waals surface area (Å²) in [6.45, 7) is 10.8. The Morgan fingerprint density at radius 2 is 1.13 bits per heavy atom. The van der Waals surface area contributed by atoms with E-state index in [2.05, 4.69) is 20.5 Å². The van der Waals surface area contributed by atoms with Gasteiger partial charge in [-0.1, -0.05) is 12.1 Å². The van der Waals surface area contributed by atoms with E-state index in [-0.39, 0.29) is 29.9 Å². The second-order valence-electron chi connectivity index (χ2n) is 15.3. The van der Waals surface area contributed by atoms with Gasteiger partial charge >= 0.3 is 12.3 Å². The van der Waals surface area contributed by atoms with Crippen LogP contribution >= 0.6 is 11.8 Å². The van der Waals surface area contributed by atoms with Crippen molar-refractivity contribution >= 4 is 57.4 Å². The number of thioether (sulfide) groups is 1. The number of aromatic nitrogens is 1. The molecule has 1 aromatic heterocycles. The fraction of sp³-hybridized carbons (Fsp3) is 0.542. The van der Waals surface area contributed by atoms with Gasteiger partial charge in [0.2, 0.25) is 5.91 Å². The van der Waals surface area contributed by atoms with Crippen LogP contribution in [0.25, 0.3) is 21.8 Å². The first kappa shape index (κ1) is 55.6. The fourth-order valence-electron chi connectivity index (χ4n) is 6.95. The molecule has 16 nitrogen and oxygen atoms in total. The number of halogens is 3. The molecule has 4 rings (SSSR count). The van der Waals surface area contributed by atoms with Gasteiger partial charge in [0.1, 0.15) is 6.10 Å². The third-order valence-corrected chi connectivity index (χ3v) is 11.5. The molecule has 376 valence electrons. The molecule has 20 heteroatoms. The lowest BCUT2D eigenvalue weighted by molar-refractivity contribution is -0.137. The topological polar surface area (TPSA) is 200 Å². The zero-order chi connectivity index (χ0) is 49.0. The lowest BCUT2D eigenvalue weighted by atomic mass is 10.1. The molecule has 0 bridgehead atoms. The van der Waals surface area contributed by atoms with Crippen molar-refractivity contribution in [3.05, 3.63) is 77.4 Å². The van der Waals surface area contributed by atoms with Gasteiger partial charge in [-0.3, -0.25) is 14.4 Å². The largest absolute Gasteiger partial charge is 0.446 e. The van der Waals surface area contributed by atoms with E-state index in [1.807, 2.05) is 38.1 Å². The Morgan fingerprint density at radius 3 is 1.62 bits per heavy atom. The number of ether oxygens (including phenoxy) is 7. The number of unbranched alkanes of at least 4 members (excludes halogenated alkanes) is 1. The molecule has 0 aliphatic carbocycles. The first-order chi connectivity index (χ1) is 32.9. The van der Waals surface area contributed by atoms with Crippen molar-refractivity contribution in [2.45, 2.75) is 69.7 Å². The van der Waals surface area contributed by atoms with Crippen molar-refractivity contribution in [1.82, 2.24) is 20.5 Å².